The van der Waals surface area contributed by atoms with Crippen LogP contribution in [0.4, 0.5) is 0 Å². The van der Waals surface area contributed by atoms with Gasteiger partial charge in [0.1, 0.15) is 0 Å². The minimum atomic E-state index is 1.13. The van der Waals surface area contributed by atoms with E-state index in [9.17, 15) is 0 Å². The predicted molar refractivity (Wildman–Crippen MR) is 160 cm³/mol. The van der Waals surface area contributed by atoms with Gasteiger partial charge in [-0.3, -0.25) is 4.98 Å². The smallest absolute Gasteiger partial charge is 0.0346 e. The Balaban J connectivity index is 1.51. The Kier molecular flexibility index (Phi) is 4.59. The summed E-state index contributed by atoms with van der Waals surface area (Å²) in [5.74, 6) is 0. The summed E-state index contributed by atoms with van der Waals surface area (Å²) < 4.78 is 0. The van der Waals surface area contributed by atoms with Crippen molar-refractivity contribution in [3.05, 3.63) is 140 Å². The van der Waals surface area contributed by atoms with Gasteiger partial charge in [-0.05, 0) is 83.2 Å². The van der Waals surface area contributed by atoms with Crippen LogP contribution in [0.5, 0.6) is 0 Å². The molecule has 6 aromatic carbocycles. The molecule has 0 saturated heterocycles. The molecule has 7 aromatic rings. The summed E-state index contributed by atoms with van der Waals surface area (Å²) in [7, 11) is 0. The third-order valence-electron chi connectivity index (χ3n) is 7.92. The zero-order valence-electron chi connectivity index (χ0n) is 20.7. The fourth-order valence-electron chi connectivity index (χ4n) is 6.30. The minimum absolute atomic E-state index is 1.13. The van der Waals surface area contributed by atoms with Gasteiger partial charge in [-0.2, -0.15) is 0 Å². The second kappa shape index (κ2) is 8.26. The van der Waals surface area contributed by atoms with Crippen LogP contribution in [0.2, 0.25) is 0 Å². The summed E-state index contributed by atoms with van der Waals surface area (Å²) >= 11 is 0. The molecule has 1 aliphatic carbocycles. The largest absolute Gasteiger partial charge is 0.264 e. The van der Waals surface area contributed by atoms with Gasteiger partial charge in [0.25, 0.3) is 0 Å². The molecule has 0 saturated carbocycles. The maximum atomic E-state index is 4.30. The van der Waals surface area contributed by atoms with Crippen molar-refractivity contribution in [3.63, 3.8) is 0 Å². The van der Waals surface area contributed by atoms with E-state index in [1.54, 1.807) is 0 Å². The molecule has 0 unspecified atom stereocenters. The Morgan fingerprint density at radius 3 is 1.61 bits per heavy atom. The third kappa shape index (κ3) is 3.02. The fraction of sp³-hybridized carbons (Fsp3) is 0. The highest BCUT2D eigenvalue weighted by Crippen LogP contribution is 2.52. The van der Waals surface area contributed by atoms with E-state index in [0.29, 0.717) is 0 Å². The van der Waals surface area contributed by atoms with Crippen molar-refractivity contribution in [1.29, 1.82) is 0 Å². The predicted octanol–water partition coefficient (Wildman–Crippen LogP) is 10.0. The molecule has 1 aliphatic rings. The molecular formula is C37H23N. The van der Waals surface area contributed by atoms with Crippen molar-refractivity contribution in [3.8, 4) is 55.6 Å². The Morgan fingerprint density at radius 1 is 0.342 bits per heavy atom. The number of benzene rings is 6. The van der Waals surface area contributed by atoms with Crippen LogP contribution >= 0.6 is 0 Å². The van der Waals surface area contributed by atoms with E-state index in [1.807, 2.05) is 18.5 Å². The summed E-state index contributed by atoms with van der Waals surface area (Å²) in [5.41, 5.74) is 12.6. The summed E-state index contributed by atoms with van der Waals surface area (Å²) in [6.07, 6.45) is 3.74. The van der Waals surface area contributed by atoms with E-state index in [1.165, 1.54) is 71.6 Å². The molecule has 0 aliphatic heterocycles. The topological polar surface area (TPSA) is 12.9 Å². The normalized spacial score (nSPS) is 11.7. The first-order valence-electron chi connectivity index (χ1n) is 13.1. The summed E-state index contributed by atoms with van der Waals surface area (Å²) in [6, 6.07) is 46.5. The molecule has 0 fully saturated rings. The van der Waals surface area contributed by atoms with Crippen LogP contribution < -0.4 is 0 Å². The number of pyridine rings is 1. The summed E-state index contributed by atoms with van der Waals surface area (Å²) in [4.78, 5) is 4.30. The lowest BCUT2D eigenvalue weighted by Gasteiger charge is -2.19. The highest BCUT2D eigenvalue weighted by Gasteiger charge is 2.25. The molecule has 0 spiro atoms. The molecule has 1 nitrogen and oxygen atoms in total. The Hall–Kier alpha value is -5.01. The van der Waals surface area contributed by atoms with Crippen LogP contribution in [0.25, 0.3) is 77.2 Å². The lowest BCUT2D eigenvalue weighted by Crippen LogP contribution is -1.92. The molecule has 1 aromatic heterocycles. The number of hydrogen-bond acceptors (Lipinski definition) is 1. The molecule has 8 rings (SSSR count). The number of hydrogen-bond donors (Lipinski definition) is 0. The molecule has 0 N–H and O–H groups in total. The van der Waals surface area contributed by atoms with Crippen LogP contribution in [0, 0.1) is 0 Å². The molecule has 0 bridgehead atoms. The average Bonchev–Trinajstić information content (AvgIpc) is 3.12. The van der Waals surface area contributed by atoms with Crippen LogP contribution in [0.1, 0.15) is 0 Å². The van der Waals surface area contributed by atoms with E-state index in [4.69, 9.17) is 0 Å². The van der Waals surface area contributed by atoms with Gasteiger partial charge in [0.05, 0.1) is 0 Å². The Morgan fingerprint density at radius 2 is 0.895 bits per heavy atom. The standard InChI is InChI=1S/C37H23N/c1-2-11-29-27(10-1)28-12-3-4-13-30(28)36-33-15-6-5-14-32(33)35(34-17-7-16-31(29)37(34)36)25-20-18-24(19-21-25)26-9-8-22-38-23-26/h1-23H. The van der Waals surface area contributed by atoms with Gasteiger partial charge in [-0.1, -0.05) is 121 Å². The lowest BCUT2D eigenvalue weighted by atomic mass is 9.84. The van der Waals surface area contributed by atoms with Gasteiger partial charge >= 0.3 is 0 Å². The van der Waals surface area contributed by atoms with Crippen molar-refractivity contribution in [1.82, 2.24) is 4.98 Å². The van der Waals surface area contributed by atoms with Crippen molar-refractivity contribution >= 4 is 21.5 Å². The van der Waals surface area contributed by atoms with Crippen molar-refractivity contribution < 1.29 is 0 Å². The first-order valence-corrected chi connectivity index (χ1v) is 13.1. The SMILES string of the molecule is c1cncc(-c2ccc(-c3c4ccccc4c4c5c(cccc35)-c3ccccc3-c3ccccc3-4)cc2)c1. The highest BCUT2D eigenvalue weighted by atomic mass is 14.6. The van der Waals surface area contributed by atoms with E-state index in [0.717, 1.165) is 5.56 Å². The third-order valence-corrected chi connectivity index (χ3v) is 7.92. The monoisotopic (exact) mass is 481 g/mol. The minimum Gasteiger partial charge on any atom is -0.264 e. The summed E-state index contributed by atoms with van der Waals surface area (Å²) in [5, 5.41) is 5.19. The van der Waals surface area contributed by atoms with Crippen molar-refractivity contribution in [2.45, 2.75) is 0 Å². The Bertz CT molecular complexity index is 2000. The highest BCUT2D eigenvalue weighted by molar-refractivity contribution is 6.27. The maximum Gasteiger partial charge on any atom is 0.0346 e. The van der Waals surface area contributed by atoms with Gasteiger partial charge < -0.3 is 0 Å². The van der Waals surface area contributed by atoms with Crippen molar-refractivity contribution in [2.24, 2.45) is 0 Å². The second-order valence-electron chi connectivity index (χ2n) is 9.93. The van der Waals surface area contributed by atoms with E-state index in [2.05, 4.69) is 126 Å². The van der Waals surface area contributed by atoms with Gasteiger partial charge in [0.2, 0.25) is 0 Å². The number of aromatic nitrogens is 1. The van der Waals surface area contributed by atoms with E-state index in [-0.39, 0.29) is 0 Å². The van der Waals surface area contributed by atoms with Crippen LogP contribution in [0.3, 0.4) is 0 Å². The number of rotatable bonds is 2. The quantitative estimate of drug-likeness (QED) is 0.224. The number of nitrogens with zero attached hydrogens (tertiary/aromatic N) is 1. The van der Waals surface area contributed by atoms with Gasteiger partial charge in [-0.25, -0.2) is 0 Å². The molecule has 0 amide bonds. The van der Waals surface area contributed by atoms with Gasteiger partial charge in [0, 0.05) is 12.4 Å². The van der Waals surface area contributed by atoms with Gasteiger partial charge in [-0.15, -0.1) is 0 Å². The van der Waals surface area contributed by atoms with Crippen LogP contribution in [0.15, 0.2) is 140 Å². The van der Waals surface area contributed by atoms with Gasteiger partial charge in [0.15, 0.2) is 0 Å². The molecule has 0 radical (unpaired) electrons. The van der Waals surface area contributed by atoms with E-state index < -0.39 is 0 Å². The molecular weight excluding hydrogens is 458 g/mol. The first-order chi connectivity index (χ1) is 18.9. The fourth-order valence-corrected chi connectivity index (χ4v) is 6.30. The van der Waals surface area contributed by atoms with Crippen molar-refractivity contribution in [2.75, 3.05) is 0 Å². The molecule has 38 heavy (non-hydrogen) atoms. The molecule has 176 valence electrons. The molecule has 1 heteroatoms. The lowest BCUT2D eigenvalue weighted by molar-refractivity contribution is 1.33. The second-order valence-corrected chi connectivity index (χ2v) is 9.93. The molecule has 1 heterocycles. The zero-order chi connectivity index (χ0) is 25.1. The summed E-state index contributed by atoms with van der Waals surface area (Å²) in [6.45, 7) is 0. The zero-order valence-corrected chi connectivity index (χ0v) is 20.7. The number of fused-ring (bicyclic) bond motifs is 7. The molecule has 0 atom stereocenters. The van der Waals surface area contributed by atoms with Crippen LogP contribution in [-0.4, -0.2) is 4.98 Å². The maximum absolute atomic E-state index is 4.30. The first kappa shape index (κ1) is 21.1. The van der Waals surface area contributed by atoms with Crippen LogP contribution in [-0.2, 0) is 0 Å². The van der Waals surface area contributed by atoms with E-state index >= 15 is 0 Å². The Labute approximate surface area is 221 Å². The average molecular weight is 482 g/mol.